The Kier molecular flexibility index (Phi) is 9.79. The summed E-state index contributed by atoms with van der Waals surface area (Å²) in [5.41, 5.74) is 5.66. The Morgan fingerprint density at radius 1 is 1.31 bits per heavy atom. The molecule has 0 saturated heterocycles. The van der Waals surface area contributed by atoms with Crippen LogP contribution in [0.25, 0.3) is 0 Å². The standard InChI is InChI=1S/C6H14N.C4H9O.Sn/c1-3-4-5-6(2)7;1-3-4(2)5;/h6H,1,3-5,7H2,2H3;4H,3H2,1-2H3;/q;-1;+1. The van der Waals surface area contributed by atoms with E-state index >= 15 is 0 Å². The van der Waals surface area contributed by atoms with Crippen molar-refractivity contribution in [3.63, 3.8) is 0 Å². The van der Waals surface area contributed by atoms with E-state index in [2.05, 4.69) is 20.8 Å². The Balaban J connectivity index is 2.99. The van der Waals surface area contributed by atoms with Gasteiger partial charge in [0.05, 0.1) is 0 Å². The number of hydrogen-bond acceptors (Lipinski definition) is 2. The average Bonchev–Trinajstić information content (AvgIpc) is 2.10. The molecule has 2 nitrogen and oxygen atoms in total. The Hall–Kier alpha value is 0.719. The van der Waals surface area contributed by atoms with Crippen LogP contribution in [0.4, 0.5) is 0 Å². The molecule has 2 N–H and O–H groups in total. The molecule has 0 saturated carbocycles. The van der Waals surface area contributed by atoms with Crippen LogP contribution in [0.3, 0.4) is 0 Å². The normalized spacial score (nSPS) is 15.7. The summed E-state index contributed by atoms with van der Waals surface area (Å²) in [6, 6.07) is 0.376. The first-order valence-electron chi connectivity index (χ1n) is 5.31. The minimum atomic E-state index is -0.489. The molecular weight excluding hydrogens is 269 g/mol. The third-order valence-electron chi connectivity index (χ3n) is 2.05. The Bertz CT molecular complexity index is 109. The van der Waals surface area contributed by atoms with Crippen LogP contribution in [0.2, 0.25) is 4.44 Å². The number of unbranched alkanes of at least 4 members (excludes halogenated alkanes) is 1. The third-order valence-corrected chi connectivity index (χ3v) is 5.26. The molecule has 78 valence electrons. The van der Waals surface area contributed by atoms with Crippen molar-refractivity contribution >= 4 is 21.6 Å². The molecule has 0 aromatic rings. The van der Waals surface area contributed by atoms with Crippen molar-refractivity contribution in [2.24, 2.45) is 5.73 Å². The second-order valence-electron chi connectivity index (χ2n) is 3.70. The Morgan fingerprint density at radius 2 is 2.00 bits per heavy atom. The van der Waals surface area contributed by atoms with E-state index in [1.807, 2.05) is 0 Å². The fourth-order valence-electron chi connectivity index (χ4n) is 0.948. The Morgan fingerprint density at radius 3 is 2.54 bits per heavy atom. The van der Waals surface area contributed by atoms with Crippen molar-refractivity contribution in [3.8, 4) is 0 Å². The van der Waals surface area contributed by atoms with Crippen molar-refractivity contribution in [2.75, 3.05) is 0 Å². The molecule has 0 aromatic heterocycles. The monoisotopic (exact) mass is 293 g/mol. The van der Waals surface area contributed by atoms with Gasteiger partial charge in [0.1, 0.15) is 0 Å². The van der Waals surface area contributed by atoms with Crippen LogP contribution in [0, 0.1) is 0 Å². The zero-order valence-electron chi connectivity index (χ0n) is 9.18. The fraction of sp³-hybridized carbons (Fsp3) is 1.00. The molecule has 0 rings (SSSR count). The van der Waals surface area contributed by atoms with Crippen LogP contribution in [-0.4, -0.2) is 33.7 Å². The summed E-state index contributed by atoms with van der Waals surface area (Å²) in [5, 5.41) is 0. The van der Waals surface area contributed by atoms with Gasteiger partial charge in [-0.3, -0.25) is 0 Å². The van der Waals surface area contributed by atoms with Crippen LogP contribution in [0.1, 0.15) is 46.5 Å². The third kappa shape index (κ3) is 10.6. The second kappa shape index (κ2) is 9.28. The predicted octanol–water partition coefficient (Wildman–Crippen LogP) is 2.36. The summed E-state index contributed by atoms with van der Waals surface area (Å²) < 4.78 is 7.08. The van der Waals surface area contributed by atoms with Crippen molar-refractivity contribution in [3.05, 3.63) is 0 Å². The van der Waals surface area contributed by atoms with E-state index in [0.29, 0.717) is 12.1 Å². The van der Waals surface area contributed by atoms with Gasteiger partial charge in [0.25, 0.3) is 0 Å². The van der Waals surface area contributed by atoms with Crippen LogP contribution in [0.5, 0.6) is 0 Å². The SMILES string of the molecule is CCC(C)[O][Sn][CH2]CCCC(C)N. The molecule has 0 aliphatic rings. The van der Waals surface area contributed by atoms with Gasteiger partial charge >= 0.3 is 93.4 Å². The average molecular weight is 292 g/mol. The van der Waals surface area contributed by atoms with Gasteiger partial charge in [-0.2, -0.15) is 0 Å². The first-order valence-corrected chi connectivity index (χ1v) is 8.49. The first-order chi connectivity index (χ1) is 6.16. The maximum atomic E-state index is 5.74. The van der Waals surface area contributed by atoms with Crippen molar-refractivity contribution in [1.82, 2.24) is 0 Å². The Labute approximate surface area is 93.4 Å². The second-order valence-corrected chi connectivity index (χ2v) is 6.63. The van der Waals surface area contributed by atoms with Gasteiger partial charge in [0.2, 0.25) is 0 Å². The van der Waals surface area contributed by atoms with Gasteiger partial charge in [0, 0.05) is 0 Å². The van der Waals surface area contributed by atoms with E-state index in [1.165, 1.54) is 23.7 Å². The number of rotatable bonds is 8. The van der Waals surface area contributed by atoms with Crippen LogP contribution in [0.15, 0.2) is 0 Å². The zero-order valence-corrected chi connectivity index (χ0v) is 12.0. The molecule has 0 aromatic carbocycles. The van der Waals surface area contributed by atoms with E-state index in [1.54, 1.807) is 0 Å². The molecule has 0 spiro atoms. The van der Waals surface area contributed by atoms with E-state index in [4.69, 9.17) is 8.81 Å². The summed E-state index contributed by atoms with van der Waals surface area (Å²) >= 11 is -0.489. The van der Waals surface area contributed by atoms with E-state index < -0.39 is 21.6 Å². The molecule has 0 heterocycles. The molecule has 0 bridgehead atoms. The van der Waals surface area contributed by atoms with E-state index in [-0.39, 0.29) is 0 Å². The van der Waals surface area contributed by atoms with Crippen LogP contribution in [-0.2, 0) is 3.07 Å². The van der Waals surface area contributed by atoms with Gasteiger partial charge < -0.3 is 0 Å². The summed E-state index contributed by atoms with van der Waals surface area (Å²) in [4.78, 5) is 0. The predicted molar refractivity (Wildman–Crippen MR) is 58.9 cm³/mol. The fourth-order valence-corrected chi connectivity index (χ4v) is 3.70. The van der Waals surface area contributed by atoms with Crippen molar-refractivity contribution in [1.29, 1.82) is 0 Å². The van der Waals surface area contributed by atoms with Crippen LogP contribution >= 0.6 is 0 Å². The van der Waals surface area contributed by atoms with Gasteiger partial charge in [-0.05, 0) is 0 Å². The van der Waals surface area contributed by atoms with Gasteiger partial charge in [-0.25, -0.2) is 0 Å². The summed E-state index contributed by atoms with van der Waals surface area (Å²) in [6.07, 6.45) is 5.43. The molecular formula is C10H23NOSn. The molecule has 0 aliphatic carbocycles. The molecule has 13 heavy (non-hydrogen) atoms. The van der Waals surface area contributed by atoms with Gasteiger partial charge in [-0.15, -0.1) is 0 Å². The van der Waals surface area contributed by atoms with E-state index in [9.17, 15) is 0 Å². The van der Waals surface area contributed by atoms with Crippen molar-refractivity contribution in [2.45, 2.75) is 63.0 Å². The molecule has 2 unspecified atom stereocenters. The number of hydrogen-bond donors (Lipinski definition) is 1. The summed E-state index contributed by atoms with van der Waals surface area (Å²) in [6.45, 7) is 6.43. The molecule has 0 fully saturated rings. The van der Waals surface area contributed by atoms with Gasteiger partial charge in [-0.1, -0.05) is 0 Å². The first kappa shape index (κ1) is 13.7. The quantitative estimate of drug-likeness (QED) is 0.550. The zero-order chi connectivity index (χ0) is 10.1. The minimum absolute atomic E-state index is 0.376. The molecule has 2 radical (unpaired) electrons. The molecule has 0 amide bonds. The summed E-state index contributed by atoms with van der Waals surface area (Å²) in [5.74, 6) is 0. The van der Waals surface area contributed by atoms with Crippen molar-refractivity contribution < 1.29 is 3.07 Å². The molecule has 3 heteroatoms. The summed E-state index contributed by atoms with van der Waals surface area (Å²) in [7, 11) is 0. The van der Waals surface area contributed by atoms with Crippen LogP contribution < -0.4 is 5.73 Å². The maximum absolute atomic E-state index is 5.74. The topological polar surface area (TPSA) is 35.2 Å². The number of nitrogens with two attached hydrogens (primary N) is 1. The van der Waals surface area contributed by atoms with E-state index in [0.717, 1.165) is 6.42 Å². The van der Waals surface area contributed by atoms with Gasteiger partial charge in [0.15, 0.2) is 0 Å². The molecule has 0 aliphatic heterocycles. The molecule has 2 atom stereocenters.